The van der Waals surface area contributed by atoms with Crippen LogP contribution in [-0.4, -0.2) is 53.2 Å². The molecule has 0 aromatic heterocycles. The van der Waals surface area contributed by atoms with Crippen molar-refractivity contribution in [2.24, 2.45) is 5.73 Å². The molecule has 118 valence electrons. The van der Waals surface area contributed by atoms with Crippen LogP contribution in [0, 0.1) is 0 Å². The summed E-state index contributed by atoms with van der Waals surface area (Å²) in [6.45, 7) is 0.987. The highest BCUT2D eigenvalue weighted by molar-refractivity contribution is 7.90. The third-order valence-corrected chi connectivity index (χ3v) is 4.56. The highest BCUT2D eigenvalue weighted by Gasteiger charge is 2.41. The Morgan fingerprint density at radius 1 is 1.24 bits per heavy atom. The molecule has 6 nitrogen and oxygen atoms in total. The third-order valence-electron chi connectivity index (χ3n) is 3.43. The van der Waals surface area contributed by atoms with Crippen LogP contribution in [0.2, 0.25) is 0 Å². The molecule has 1 fully saturated rings. The van der Waals surface area contributed by atoms with E-state index in [1.165, 1.54) is 18.4 Å². The van der Waals surface area contributed by atoms with Gasteiger partial charge < -0.3 is 19.9 Å². The minimum atomic E-state index is -3.19. The van der Waals surface area contributed by atoms with Crippen molar-refractivity contribution in [2.45, 2.75) is 29.6 Å². The van der Waals surface area contributed by atoms with Gasteiger partial charge in [-0.2, -0.15) is 0 Å². The molecule has 1 aromatic carbocycles. The van der Waals surface area contributed by atoms with E-state index in [1.54, 1.807) is 19.2 Å². The molecule has 0 saturated heterocycles. The summed E-state index contributed by atoms with van der Waals surface area (Å²) in [5, 5.41) is 0. The first-order chi connectivity index (χ1) is 9.91. The average Bonchev–Trinajstić information content (AvgIpc) is 2.42. The third kappa shape index (κ3) is 4.16. The van der Waals surface area contributed by atoms with Crippen molar-refractivity contribution >= 4 is 9.84 Å². The van der Waals surface area contributed by atoms with E-state index in [2.05, 4.69) is 0 Å². The Balaban J connectivity index is 1.92. The van der Waals surface area contributed by atoms with Crippen molar-refractivity contribution in [1.82, 2.24) is 0 Å². The van der Waals surface area contributed by atoms with Gasteiger partial charge in [-0.3, -0.25) is 0 Å². The molecule has 2 rings (SSSR count). The maximum atomic E-state index is 11.4. The molecule has 7 heteroatoms. The van der Waals surface area contributed by atoms with Gasteiger partial charge in [0.25, 0.3) is 0 Å². The number of benzene rings is 1. The monoisotopic (exact) mass is 315 g/mol. The summed E-state index contributed by atoms with van der Waals surface area (Å²) in [6, 6.07) is 6.31. The summed E-state index contributed by atoms with van der Waals surface area (Å²) in [6.07, 6.45) is 1.62. The van der Waals surface area contributed by atoms with Crippen molar-refractivity contribution in [1.29, 1.82) is 0 Å². The second-order valence-electron chi connectivity index (χ2n) is 5.13. The van der Waals surface area contributed by atoms with E-state index in [-0.39, 0.29) is 23.1 Å². The first-order valence-electron chi connectivity index (χ1n) is 6.74. The minimum Gasteiger partial charge on any atom is -0.488 e. The quantitative estimate of drug-likeness (QED) is 0.741. The summed E-state index contributed by atoms with van der Waals surface area (Å²) >= 11 is 0. The van der Waals surface area contributed by atoms with Gasteiger partial charge >= 0.3 is 0 Å². The smallest absolute Gasteiger partial charge is 0.175 e. The fourth-order valence-corrected chi connectivity index (χ4v) is 2.80. The number of sulfone groups is 1. The molecule has 0 spiro atoms. The number of nitrogens with two attached hydrogens (primary N) is 1. The van der Waals surface area contributed by atoms with E-state index in [4.69, 9.17) is 19.9 Å². The van der Waals surface area contributed by atoms with Crippen LogP contribution in [0.1, 0.15) is 6.42 Å². The second kappa shape index (κ2) is 6.74. The topological polar surface area (TPSA) is 87.8 Å². The van der Waals surface area contributed by atoms with Crippen molar-refractivity contribution in [3.63, 3.8) is 0 Å². The standard InChI is InChI=1S/C14H21NO5S/c1-18-7-8-19-14-12(15)9-13(14)20-10-3-5-11(6-4-10)21(2,16)17/h3-6,12-14H,7-9,15H2,1-2H3. The Hall–Kier alpha value is -1.15. The van der Waals surface area contributed by atoms with E-state index in [1.807, 2.05) is 0 Å². The van der Waals surface area contributed by atoms with Gasteiger partial charge in [0.1, 0.15) is 18.0 Å². The van der Waals surface area contributed by atoms with Crippen LogP contribution >= 0.6 is 0 Å². The number of methoxy groups -OCH3 is 1. The molecule has 1 aliphatic carbocycles. The summed E-state index contributed by atoms with van der Waals surface area (Å²) in [5.41, 5.74) is 5.91. The van der Waals surface area contributed by atoms with Crippen LogP contribution in [0.5, 0.6) is 5.75 Å². The largest absolute Gasteiger partial charge is 0.488 e. The zero-order valence-electron chi connectivity index (χ0n) is 12.2. The van der Waals surface area contributed by atoms with E-state index in [9.17, 15) is 8.42 Å². The Labute approximate surface area is 125 Å². The maximum Gasteiger partial charge on any atom is 0.175 e. The summed E-state index contributed by atoms with van der Waals surface area (Å²) in [5.74, 6) is 0.611. The lowest BCUT2D eigenvalue weighted by Crippen LogP contribution is -2.59. The molecular weight excluding hydrogens is 294 g/mol. The highest BCUT2D eigenvalue weighted by atomic mass is 32.2. The Morgan fingerprint density at radius 2 is 1.90 bits per heavy atom. The maximum absolute atomic E-state index is 11.4. The van der Waals surface area contributed by atoms with Gasteiger partial charge in [0, 0.05) is 25.8 Å². The SMILES string of the molecule is COCCOC1C(N)CC1Oc1ccc(S(C)(=O)=O)cc1. The number of hydrogen-bond donors (Lipinski definition) is 1. The molecule has 1 saturated carbocycles. The lowest BCUT2D eigenvalue weighted by atomic mass is 9.86. The summed E-state index contributed by atoms with van der Waals surface area (Å²) in [4.78, 5) is 0.271. The molecule has 0 aliphatic heterocycles. The Morgan fingerprint density at radius 3 is 2.43 bits per heavy atom. The molecule has 2 N–H and O–H groups in total. The molecule has 21 heavy (non-hydrogen) atoms. The normalized spacial score (nSPS) is 25.4. The molecule has 3 unspecified atom stereocenters. The predicted octanol–water partition coefficient (Wildman–Crippen LogP) is 0.600. The molecule has 1 aliphatic rings. The number of hydrogen-bond acceptors (Lipinski definition) is 6. The summed E-state index contributed by atoms with van der Waals surface area (Å²) < 4.78 is 39.1. The molecule has 3 atom stereocenters. The first-order valence-corrected chi connectivity index (χ1v) is 8.64. The van der Waals surface area contributed by atoms with Gasteiger partial charge in [0.2, 0.25) is 0 Å². The van der Waals surface area contributed by atoms with Crippen LogP contribution < -0.4 is 10.5 Å². The van der Waals surface area contributed by atoms with Crippen molar-refractivity contribution in [2.75, 3.05) is 26.6 Å². The fourth-order valence-electron chi connectivity index (χ4n) is 2.17. The molecule has 0 bridgehead atoms. The van der Waals surface area contributed by atoms with Crippen LogP contribution in [0.4, 0.5) is 0 Å². The van der Waals surface area contributed by atoms with Gasteiger partial charge in [-0.1, -0.05) is 0 Å². The zero-order valence-corrected chi connectivity index (χ0v) is 13.0. The fraction of sp³-hybridized carbons (Fsp3) is 0.571. The van der Waals surface area contributed by atoms with E-state index < -0.39 is 9.84 Å². The van der Waals surface area contributed by atoms with Crippen LogP contribution in [0.3, 0.4) is 0 Å². The van der Waals surface area contributed by atoms with Crippen molar-refractivity contribution < 1.29 is 22.6 Å². The lowest BCUT2D eigenvalue weighted by Gasteiger charge is -2.41. The van der Waals surface area contributed by atoms with Crippen molar-refractivity contribution in [3.8, 4) is 5.75 Å². The predicted molar refractivity (Wildman–Crippen MR) is 78.2 cm³/mol. The van der Waals surface area contributed by atoms with E-state index >= 15 is 0 Å². The van der Waals surface area contributed by atoms with E-state index in [0.29, 0.717) is 25.4 Å². The summed E-state index contributed by atoms with van der Waals surface area (Å²) in [7, 11) is -1.58. The van der Waals surface area contributed by atoms with Gasteiger partial charge in [-0.15, -0.1) is 0 Å². The zero-order chi connectivity index (χ0) is 15.5. The number of ether oxygens (including phenoxy) is 3. The molecule has 0 amide bonds. The molecule has 0 heterocycles. The number of rotatable bonds is 7. The first kappa shape index (κ1) is 16.2. The van der Waals surface area contributed by atoms with E-state index in [0.717, 1.165) is 0 Å². The Kier molecular flexibility index (Phi) is 5.21. The van der Waals surface area contributed by atoms with Crippen LogP contribution in [0.25, 0.3) is 0 Å². The second-order valence-corrected chi connectivity index (χ2v) is 7.14. The van der Waals surface area contributed by atoms with Gasteiger partial charge in [-0.25, -0.2) is 8.42 Å². The molecule has 1 aromatic rings. The molecule has 0 radical (unpaired) electrons. The highest BCUT2D eigenvalue weighted by Crippen LogP contribution is 2.28. The Bertz CT molecular complexity index is 557. The van der Waals surface area contributed by atoms with Crippen molar-refractivity contribution in [3.05, 3.63) is 24.3 Å². The minimum absolute atomic E-state index is 0.0397. The van der Waals surface area contributed by atoms with Crippen LogP contribution in [0.15, 0.2) is 29.2 Å². The van der Waals surface area contributed by atoms with Gasteiger partial charge in [0.15, 0.2) is 9.84 Å². The van der Waals surface area contributed by atoms with Crippen LogP contribution in [-0.2, 0) is 19.3 Å². The average molecular weight is 315 g/mol. The van der Waals surface area contributed by atoms with Gasteiger partial charge in [0.05, 0.1) is 18.1 Å². The molecular formula is C14H21NO5S. The van der Waals surface area contributed by atoms with Gasteiger partial charge in [-0.05, 0) is 24.3 Å². The lowest BCUT2D eigenvalue weighted by molar-refractivity contribution is -0.107.